The third kappa shape index (κ3) is 10.4. The highest BCUT2D eigenvalue weighted by molar-refractivity contribution is 8.00. The fraction of sp³-hybridized carbons (Fsp3) is 1.00. The smallest absolute Gasteiger partial charge is 0.0765 e. The predicted molar refractivity (Wildman–Crippen MR) is 77.3 cm³/mol. The minimum Gasteiger partial charge on any atom is -0.391 e. The lowest BCUT2D eigenvalue weighted by atomic mass is 10.4. The van der Waals surface area contributed by atoms with Gasteiger partial charge in [0.2, 0.25) is 0 Å². The van der Waals surface area contributed by atoms with E-state index in [2.05, 4.69) is 6.92 Å². The Morgan fingerprint density at radius 3 is 2.19 bits per heavy atom. The van der Waals surface area contributed by atoms with Crippen LogP contribution in [-0.2, 0) is 0 Å². The molecule has 0 rings (SSSR count). The normalized spacial score (nSPS) is 17.1. The van der Waals surface area contributed by atoms with Crippen LogP contribution >= 0.6 is 46.7 Å². The molecular formula is C10H20Cl2O2S2. The number of aliphatic hydroxyl groups excluding tert-OH is 2. The van der Waals surface area contributed by atoms with Gasteiger partial charge in [-0.25, -0.2) is 0 Å². The summed E-state index contributed by atoms with van der Waals surface area (Å²) in [6, 6.07) is 0. The van der Waals surface area contributed by atoms with Crippen LogP contribution in [0.15, 0.2) is 0 Å². The summed E-state index contributed by atoms with van der Waals surface area (Å²) in [5.74, 6) is 3.01. The topological polar surface area (TPSA) is 40.5 Å². The van der Waals surface area contributed by atoms with Gasteiger partial charge in [0.25, 0.3) is 0 Å². The van der Waals surface area contributed by atoms with Crippen LogP contribution in [0.2, 0.25) is 0 Å². The molecule has 0 aromatic carbocycles. The van der Waals surface area contributed by atoms with Gasteiger partial charge in [-0.3, -0.25) is 0 Å². The summed E-state index contributed by atoms with van der Waals surface area (Å²) in [6.45, 7) is 2.14. The van der Waals surface area contributed by atoms with E-state index in [1.54, 1.807) is 23.5 Å². The summed E-state index contributed by atoms with van der Waals surface area (Å²) in [4.78, 5) is 0. The molecular weight excluding hydrogens is 287 g/mol. The Labute approximate surface area is 116 Å². The van der Waals surface area contributed by atoms with Crippen LogP contribution < -0.4 is 0 Å². The molecule has 98 valence electrons. The van der Waals surface area contributed by atoms with Crippen molar-refractivity contribution in [3.63, 3.8) is 0 Å². The quantitative estimate of drug-likeness (QED) is 0.480. The first-order valence-electron chi connectivity index (χ1n) is 5.27. The Hall–Kier alpha value is 1.20. The van der Waals surface area contributed by atoms with Crippen LogP contribution in [0.4, 0.5) is 0 Å². The van der Waals surface area contributed by atoms with Crippen molar-refractivity contribution in [3.05, 3.63) is 0 Å². The van der Waals surface area contributed by atoms with Gasteiger partial charge in [-0.2, -0.15) is 23.5 Å². The standard InChI is InChI=1S/C10H20Cl2O2S2/c1-8(16-7-10(14)5-12)2-3-15-6-9(13)4-11/h8-10,13-14H,2-7H2,1H3. The number of alkyl halides is 2. The van der Waals surface area contributed by atoms with Crippen molar-refractivity contribution in [1.82, 2.24) is 0 Å². The second-order valence-corrected chi connectivity index (χ2v) is 6.86. The van der Waals surface area contributed by atoms with Crippen molar-refractivity contribution in [3.8, 4) is 0 Å². The molecule has 0 aliphatic carbocycles. The minimum atomic E-state index is -0.403. The molecule has 0 aromatic heterocycles. The van der Waals surface area contributed by atoms with E-state index in [1.165, 1.54) is 0 Å². The molecule has 0 heterocycles. The van der Waals surface area contributed by atoms with E-state index in [4.69, 9.17) is 23.2 Å². The molecule has 0 saturated heterocycles. The lowest BCUT2D eigenvalue weighted by Gasteiger charge is -2.13. The Balaban J connectivity index is 3.33. The van der Waals surface area contributed by atoms with Crippen molar-refractivity contribution in [2.75, 3.05) is 29.0 Å². The third-order valence-electron chi connectivity index (χ3n) is 1.91. The van der Waals surface area contributed by atoms with Crippen LogP contribution in [-0.4, -0.2) is 56.7 Å². The summed E-state index contributed by atoms with van der Waals surface area (Å²) in [5.41, 5.74) is 0. The second kappa shape index (κ2) is 11.3. The van der Waals surface area contributed by atoms with Crippen molar-refractivity contribution in [1.29, 1.82) is 0 Å². The molecule has 0 radical (unpaired) electrons. The molecule has 0 bridgehead atoms. The van der Waals surface area contributed by atoms with E-state index >= 15 is 0 Å². The Morgan fingerprint density at radius 1 is 1.06 bits per heavy atom. The van der Waals surface area contributed by atoms with Gasteiger partial charge in [0.05, 0.1) is 12.2 Å². The van der Waals surface area contributed by atoms with Crippen LogP contribution in [0, 0.1) is 0 Å². The SMILES string of the molecule is CC(CCSCC(O)CCl)SCC(O)CCl. The zero-order valence-electron chi connectivity index (χ0n) is 9.44. The van der Waals surface area contributed by atoms with Gasteiger partial charge >= 0.3 is 0 Å². The van der Waals surface area contributed by atoms with E-state index in [-0.39, 0.29) is 0 Å². The summed E-state index contributed by atoms with van der Waals surface area (Å²) in [7, 11) is 0. The first-order chi connectivity index (χ1) is 7.60. The molecule has 0 aliphatic heterocycles. The van der Waals surface area contributed by atoms with E-state index < -0.39 is 12.2 Å². The highest BCUT2D eigenvalue weighted by Gasteiger charge is 2.08. The number of rotatable bonds is 10. The molecule has 3 unspecified atom stereocenters. The van der Waals surface area contributed by atoms with Crippen LogP contribution in [0.25, 0.3) is 0 Å². The maximum absolute atomic E-state index is 9.28. The Kier molecular flexibility index (Phi) is 12.1. The molecule has 0 saturated carbocycles. The molecule has 16 heavy (non-hydrogen) atoms. The van der Waals surface area contributed by atoms with E-state index in [1.807, 2.05) is 0 Å². The average molecular weight is 307 g/mol. The van der Waals surface area contributed by atoms with E-state index in [9.17, 15) is 10.2 Å². The summed E-state index contributed by atoms with van der Waals surface area (Å²) in [6.07, 6.45) is 0.270. The first-order valence-corrected chi connectivity index (χ1v) is 8.54. The number of thioether (sulfide) groups is 2. The van der Waals surface area contributed by atoms with Crippen LogP contribution in [0.3, 0.4) is 0 Å². The van der Waals surface area contributed by atoms with Crippen LogP contribution in [0.1, 0.15) is 13.3 Å². The fourth-order valence-corrected chi connectivity index (χ4v) is 3.57. The third-order valence-corrected chi connectivity index (χ3v) is 5.15. The van der Waals surface area contributed by atoms with E-state index in [0.29, 0.717) is 28.5 Å². The average Bonchev–Trinajstić information content (AvgIpc) is 2.31. The number of halogens is 2. The Bertz CT molecular complexity index is 164. The molecule has 2 N–H and O–H groups in total. The first kappa shape index (κ1) is 17.2. The molecule has 0 spiro atoms. The van der Waals surface area contributed by atoms with Gasteiger partial charge in [0.15, 0.2) is 0 Å². The Morgan fingerprint density at radius 2 is 1.62 bits per heavy atom. The van der Waals surface area contributed by atoms with E-state index in [0.717, 1.165) is 12.2 Å². The van der Waals surface area contributed by atoms with Gasteiger partial charge in [0.1, 0.15) is 0 Å². The predicted octanol–water partition coefficient (Wildman–Crippen LogP) is 2.43. The molecule has 2 nitrogen and oxygen atoms in total. The van der Waals surface area contributed by atoms with Gasteiger partial charge in [-0.1, -0.05) is 6.92 Å². The largest absolute Gasteiger partial charge is 0.391 e. The van der Waals surface area contributed by atoms with Gasteiger partial charge in [0, 0.05) is 28.5 Å². The van der Waals surface area contributed by atoms with Crippen molar-refractivity contribution in [2.24, 2.45) is 0 Å². The van der Waals surface area contributed by atoms with Crippen LogP contribution in [0.5, 0.6) is 0 Å². The maximum Gasteiger partial charge on any atom is 0.0765 e. The molecule has 6 heteroatoms. The summed E-state index contributed by atoms with van der Waals surface area (Å²) in [5, 5.41) is 19.0. The number of hydrogen-bond donors (Lipinski definition) is 2. The summed E-state index contributed by atoms with van der Waals surface area (Å²) < 4.78 is 0. The van der Waals surface area contributed by atoms with Crippen molar-refractivity contribution >= 4 is 46.7 Å². The number of aliphatic hydroxyl groups is 2. The van der Waals surface area contributed by atoms with Crippen molar-refractivity contribution in [2.45, 2.75) is 30.8 Å². The van der Waals surface area contributed by atoms with Gasteiger partial charge in [-0.05, 0) is 12.2 Å². The highest BCUT2D eigenvalue weighted by Crippen LogP contribution is 2.18. The lowest BCUT2D eigenvalue weighted by molar-refractivity contribution is 0.223. The summed E-state index contributed by atoms with van der Waals surface area (Å²) >= 11 is 14.4. The molecule has 0 aromatic rings. The number of hydrogen-bond acceptors (Lipinski definition) is 4. The second-order valence-electron chi connectivity index (χ2n) is 3.62. The molecule has 0 fully saturated rings. The maximum atomic E-state index is 9.28. The van der Waals surface area contributed by atoms with Gasteiger partial charge in [-0.15, -0.1) is 23.2 Å². The minimum absolute atomic E-state index is 0.302. The zero-order valence-corrected chi connectivity index (χ0v) is 12.6. The lowest BCUT2D eigenvalue weighted by Crippen LogP contribution is -2.14. The fourth-order valence-electron chi connectivity index (χ4n) is 0.916. The molecule has 0 amide bonds. The van der Waals surface area contributed by atoms with Gasteiger partial charge < -0.3 is 10.2 Å². The monoisotopic (exact) mass is 306 g/mol. The molecule has 3 atom stereocenters. The van der Waals surface area contributed by atoms with Crippen molar-refractivity contribution < 1.29 is 10.2 Å². The molecule has 0 aliphatic rings. The highest BCUT2D eigenvalue weighted by atomic mass is 35.5. The zero-order chi connectivity index (χ0) is 12.4.